The molecule has 1 aliphatic rings. The smallest absolute Gasteiger partial charge is 0.225 e. The van der Waals surface area contributed by atoms with Gasteiger partial charge in [-0.2, -0.15) is 5.26 Å². The zero-order chi connectivity index (χ0) is 25.4. The van der Waals surface area contributed by atoms with Crippen molar-refractivity contribution in [3.05, 3.63) is 112 Å². The summed E-state index contributed by atoms with van der Waals surface area (Å²) in [5, 5.41) is 9.53. The quantitative estimate of drug-likeness (QED) is 0.251. The lowest BCUT2D eigenvalue weighted by Crippen LogP contribution is -2.06. The lowest BCUT2D eigenvalue weighted by Gasteiger charge is -2.14. The first-order valence-corrected chi connectivity index (χ1v) is 12.9. The maximum absolute atomic E-state index is 9.53. The molecule has 5 nitrogen and oxygen atoms in total. The summed E-state index contributed by atoms with van der Waals surface area (Å²) in [6.45, 7) is 5.03. The Morgan fingerprint density at radius 2 is 1.89 bits per heavy atom. The lowest BCUT2D eigenvalue weighted by atomic mass is 9.93. The molecule has 0 saturated carbocycles. The number of fused-ring (bicyclic) bond motifs is 3. The Kier molecular flexibility index (Phi) is 5.94. The second-order valence-corrected chi connectivity index (χ2v) is 9.70. The number of aryl methyl sites for hydroxylation is 4. The summed E-state index contributed by atoms with van der Waals surface area (Å²) in [4.78, 5) is 9.42. The molecule has 0 spiro atoms. The third-order valence-corrected chi connectivity index (χ3v) is 7.26. The van der Waals surface area contributed by atoms with E-state index in [9.17, 15) is 5.26 Å². The molecule has 0 amide bonds. The van der Waals surface area contributed by atoms with Gasteiger partial charge in [0.05, 0.1) is 23.3 Å². The minimum atomic E-state index is 0.621. The van der Waals surface area contributed by atoms with Gasteiger partial charge in [-0.1, -0.05) is 49.4 Å². The van der Waals surface area contributed by atoms with Gasteiger partial charge in [-0.3, -0.25) is 0 Å². The molecule has 3 aromatic carbocycles. The van der Waals surface area contributed by atoms with Crippen molar-refractivity contribution in [3.63, 3.8) is 0 Å². The van der Waals surface area contributed by atoms with Crippen LogP contribution in [0.4, 0.5) is 0 Å². The van der Waals surface area contributed by atoms with Crippen LogP contribution in [0.2, 0.25) is 0 Å². The number of rotatable bonds is 5. The van der Waals surface area contributed by atoms with Crippen molar-refractivity contribution in [2.24, 2.45) is 0 Å². The van der Waals surface area contributed by atoms with Crippen LogP contribution in [0, 0.1) is 18.3 Å². The van der Waals surface area contributed by atoms with Crippen LogP contribution in [0.25, 0.3) is 28.1 Å². The molecular weight excluding hydrogens is 456 g/mol. The maximum Gasteiger partial charge on any atom is 0.225 e. The Labute approximate surface area is 216 Å². The van der Waals surface area contributed by atoms with Gasteiger partial charge in [-0.25, -0.2) is 9.97 Å². The van der Waals surface area contributed by atoms with Gasteiger partial charge in [0.2, 0.25) is 5.89 Å². The first-order chi connectivity index (χ1) is 18.2. The van der Waals surface area contributed by atoms with Crippen LogP contribution in [0.1, 0.15) is 52.5 Å². The van der Waals surface area contributed by atoms with Crippen molar-refractivity contribution in [1.29, 1.82) is 5.26 Å². The Bertz CT molecular complexity index is 1680. The molecule has 182 valence electrons. The van der Waals surface area contributed by atoms with Crippen LogP contribution in [0.5, 0.6) is 0 Å². The number of benzene rings is 3. The van der Waals surface area contributed by atoms with E-state index in [2.05, 4.69) is 84.1 Å². The predicted molar refractivity (Wildman–Crippen MR) is 146 cm³/mol. The summed E-state index contributed by atoms with van der Waals surface area (Å²) in [5.41, 5.74) is 11.4. The molecule has 0 N–H and O–H groups in total. The van der Waals surface area contributed by atoms with Crippen molar-refractivity contribution < 1.29 is 4.42 Å². The van der Waals surface area contributed by atoms with E-state index in [4.69, 9.17) is 9.40 Å². The van der Waals surface area contributed by atoms with E-state index < -0.39 is 0 Å². The molecule has 37 heavy (non-hydrogen) atoms. The van der Waals surface area contributed by atoms with Gasteiger partial charge in [-0.15, -0.1) is 0 Å². The number of allylic oxidation sites excluding steroid dienone is 1. The Hall–Kier alpha value is -4.43. The van der Waals surface area contributed by atoms with Crippen molar-refractivity contribution in [1.82, 2.24) is 14.5 Å². The monoisotopic (exact) mass is 484 g/mol. The van der Waals surface area contributed by atoms with Gasteiger partial charge in [0.15, 0.2) is 0 Å². The van der Waals surface area contributed by atoms with Crippen LogP contribution in [-0.4, -0.2) is 14.5 Å². The van der Waals surface area contributed by atoms with Gasteiger partial charge < -0.3 is 8.98 Å². The maximum atomic E-state index is 9.53. The lowest BCUT2D eigenvalue weighted by molar-refractivity contribution is 0.574. The average molecular weight is 485 g/mol. The topological polar surface area (TPSA) is 67.6 Å². The number of hydrogen-bond donors (Lipinski definition) is 0. The highest BCUT2D eigenvalue weighted by molar-refractivity contribution is 5.86. The molecular formula is C32H28N4O. The minimum Gasteiger partial charge on any atom is -0.445 e. The first-order valence-electron chi connectivity index (χ1n) is 12.9. The van der Waals surface area contributed by atoms with E-state index in [-0.39, 0.29) is 0 Å². The van der Waals surface area contributed by atoms with Gasteiger partial charge >= 0.3 is 0 Å². The summed E-state index contributed by atoms with van der Waals surface area (Å²) in [5.74, 6) is 1.72. The molecule has 5 aromatic rings. The molecule has 0 atom stereocenters. The number of aromatic nitrogens is 3. The second-order valence-electron chi connectivity index (χ2n) is 9.70. The van der Waals surface area contributed by atoms with Crippen molar-refractivity contribution in [3.8, 4) is 17.5 Å². The van der Waals surface area contributed by atoms with E-state index in [0.717, 1.165) is 76.9 Å². The van der Waals surface area contributed by atoms with Gasteiger partial charge in [0, 0.05) is 24.6 Å². The largest absolute Gasteiger partial charge is 0.445 e. The minimum absolute atomic E-state index is 0.621. The Morgan fingerprint density at radius 3 is 2.70 bits per heavy atom. The summed E-state index contributed by atoms with van der Waals surface area (Å²) in [6, 6.07) is 21.7. The standard InChI is InChI=1S/C32H28N4O/c1-3-6-30-35-31-21(2)17-25(32-34-15-16-37-32)19-29(31)36(30)20-22-9-12-27-24(18-22)11-10-23-7-4-5-8-26(23)28(27)13-14-33/h4-5,7-9,12-13,15-19H,3,6,10-11,20H2,1-2H3/b28-13+. The molecule has 2 aromatic heterocycles. The molecule has 2 heterocycles. The number of nitrogens with zero attached hydrogens (tertiary/aromatic N) is 4. The fraction of sp³-hybridized carbons (Fsp3) is 0.219. The van der Waals surface area contributed by atoms with Crippen LogP contribution in [0.15, 0.2) is 77.6 Å². The summed E-state index contributed by atoms with van der Waals surface area (Å²) in [7, 11) is 0. The zero-order valence-corrected chi connectivity index (χ0v) is 21.2. The summed E-state index contributed by atoms with van der Waals surface area (Å²) >= 11 is 0. The third-order valence-electron chi connectivity index (χ3n) is 7.26. The number of nitriles is 1. The molecule has 5 heteroatoms. The molecule has 0 unspecified atom stereocenters. The second kappa shape index (κ2) is 9.55. The van der Waals surface area contributed by atoms with E-state index in [1.54, 1.807) is 18.5 Å². The molecule has 0 radical (unpaired) electrons. The van der Waals surface area contributed by atoms with E-state index in [1.165, 1.54) is 16.7 Å². The highest BCUT2D eigenvalue weighted by Gasteiger charge is 2.20. The Balaban J connectivity index is 1.44. The van der Waals surface area contributed by atoms with Crippen molar-refractivity contribution >= 4 is 16.6 Å². The average Bonchev–Trinajstić information content (AvgIpc) is 3.53. The van der Waals surface area contributed by atoms with Crippen LogP contribution < -0.4 is 0 Å². The molecule has 0 bridgehead atoms. The highest BCUT2D eigenvalue weighted by atomic mass is 16.3. The van der Waals surface area contributed by atoms with Gasteiger partial charge in [0.25, 0.3) is 0 Å². The fourth-order valence-electron chi connectivity index (χ4n) is 5.55. The molecule has 6 rings (SSSR count). The van der Waals surface area contributed by atoms with Crippen LogP contribution >= 0.6 is 0 Å². The molecule has 0 saturated heterocycles. The van der Waals surface area contributed by atoms with Crippen LogP contribution in [-0.2, 0) is 25.8 Å². The summed E-state index contributed by atoms with van der Waals surface area (Å²) in [6.07, 6.45) is 8.83. The van der Waals surface area contributed by atoms with E-state index in [1.807, 2.05) is 0 Å². The zero-order valence-electron chi connectivity index (χ0n) is 21.2. The fourth-order valence-corrected chi connectivity index (χ4v) is 5.55. The highest BCUT2D eigenvalue weighted by Crippen LogP contribution is 2.34. The normalized spacial score (nSPS) is 13.8. The molecule has 0 aliphatic heterocycles. The van der Waals surface area contributed by atoms with E-state index in [0.29, 0.717) is 5.89 Å². The predicted octanol–water partition coefficient (Wildman–Crippen LogP) is 7.05. The van der Waals surface area contributed by atoms with Crippen molar-refractivity contribution in [2.45, 2.75) is 46.1 Å². The van der Waals surface area contributed by atoms with Gasteiger partial charge in [0.1, 0.15) is 12.1 Å². The number of oxazole rings is 1. The molecule has 1 aliphatic carbocycles. The summed E-state index contributed by atoms with van der Waals surface area (Å²) < 4.78 is 7.94. The van der Waals surface area contributed by atoms with E-state index >= 15 is 0 Å². The number of hydrogen-bond acceptors (Lipinski definition) is 4. The third kappa shape index (κ3) is 4.15. The van der Waals surface area contributed by atoms with Crippen molar-refractivity contribution in [2.75, 3.05) is 0 Å². The SMILES string of the molecule is CCCc1nc2c(C)cc(-c3ncco3)cc2n1Cc1ccc2c(c1)CCc1ccccc1/C2=C\C#N. The van der Waals surface area contributed by atoms with Crippen LogP contribution in [0.3, 0.4) is 0 Å². The first kappa shape index (κ1) is 23.0. The molecule has 0 fully saturated rings. The van der Waals surface area contributed by atoms with Gasteiger partial charge in [-0.05, 0) is 77.3 Å². The Morgan fingerprint density at radius 1 is 1.05 bits per heavy atom. The number of imidazole rings is 1.